The van der Waals surface area contributed by atoms with Crippen LogP contribution in [0.2, 0.25) is 0 Å². The molecule has 1 fully saturated rings. The molecule has 7 heteroatoms. The third kappa shape index (κ3) is 4.82. The Kier molecular flexibility index (Phi) is 6.54. The van der Waals surface area contributed by atoms with E-state index in [4.69, 9.17) is 0 Å². The second-order valence-electron chi connectivity index (χ2n) is 8.29. The number of para-hydroxylation sites is 2. The highest BCUT2D eigenvalue weighted by atomic mass is 16.2. The van der Waals surface area contributed by atoms with Crippen molar-refractivity contribution in [3.05, 3.63) is 65.9 Å². The first-order chi connectivity index (χ1) is 15.5. The van der Waals surface area contributed by atoms with E-state index in [0.29, 0.717) is 30.8 Å². The van der Waals surface area contributed by atoms with Gasteiger partial charge in [0.25, 0.3) is 5.91 Å². The van der Waals surface area contributed by atoms with Gasteiger partial charge in [0.15, 0.2) is 0 Å². The van der Waals surface area contributed by atoms with Crippen LogP contribution in [0.5, 0.6) is 0 Å². The SMILES string of the molecule is C[C@H](Cc1c[nH]c2ccccc12)NC(=O)C(=O)Nc1ccccc1C(=O)N1CCCCC1. The molecule has 1 aliphatic rings. The number of fused-ring (bicyclic) bond motifs is 1. The Hall–Kier alpha value is -3.61. The fourth-order valence-electron chi connectivity index (χ4n) is 4.20. The number of hydrogen-bond acceptors (Lipinski definition) is 3. The number of likely N-dealkylation sites (tertiary alicyclic amines) is 1. The van der Waals surface area contributed by atoms with E-state index in [9.17, 15) is 14.4 Å². The highest BCUT2D eigenvalue weighted by Gasteiger charge is 2.23. The first-order valence-electron chi connectivity index (χ1n) is 11.1. The van der Waals surface area contributed by atoms with E-state index < -0.39 is 11.8 Å². The van der Waals surface area contributed by atoms with Gasteiger partial charge in [-0.3, -0.25) is 14.4 Å². The molecule has 0 saturated carbocycles. The topological polar surface area (TPSA) is 94.3 Å². The van der Waals surface area contributed by atoms with E-state index >= 15 is 0 Å². The van der Waals surface area contributed by atoms with Crippen molar-refractivity contribution in [1.29, 1.82) is 0 Å². The van der Waals surface area contributed by atoms with Crippen molar-refractivity contribution in [2.24, 2.45) is 0 Å². The van der Waals surface area contributed by atoms with Gasteiger partial charge in [-0.2, -0.15) is 0 Å². The van der Waals surface area contributed by atoms with Gasteiger partial charge in [0.05, 0.1) is 11.3 Å². The largest absolute Gasteiger partial charge is 0.361 e. The number of aromatic nitrogens is 1. The second kappa shape index (κ2) is 9.68. The lowest BCUT2D eigenvalue weighted by molar-refractivity contribution is -0.136. The first-order valence-corrected chi connectivity index (χ1v) is 11.1. The number of anilines is 1. The Bertz CT molecular complexity index is 1130. The van der Waals surface area contributed by atoms with Crippen LogP contribution < -0.4 is 10.6 Å². The molecule has 32 heavy (non-hydrogen) atoms. The Morgan fingerprint density at radius 1 is 0.969 bits per heavy atom. The Morgan fingerprint density at radius 3 is 2.50 bits per heavy atom. The molecule has 2 aromatic carbocycles. The van der Waals surface area contributed by atoms with E-state index in [1.54, 1.807) is 29.2 Å². The third-order valence-electron chi connectivity index (χ3n) is 5.83. The molecule has 1 aliphatic heterocycles. The minimum Gasteiger partial charge on any atom is -0.361 e. The normalized spacial score (nSPS) is 14.7. The van der Waals surface area contributed by atoms with Gasteiger partial charge >= 0.3 is 11.8 Å². The molecule has 1 aromatic heterocycles. The number of rotatable bonds is 5. The molecule has 0 unspecified atom stereocenters. The number of nitrogens with zero attached hydrogens (tertiary/aromatic N) is 1. The van der Waals surface area contributed by atoms with Crippen LogP contribution in [0, 0.1) is 0 Å². The summed E-state index contributed by atoms with van der Waals surface area (Å²) < 4.78 is 0. The first kappa shape index (κ1) is 21.6. The highest BCUT2D eigenvalue weighted by Crippen LogP contribution is 2.21. The van der Waals surface area contributed by atoms with Crippen molar-refractivity contribution in [2.45, 2.75) is 38.6 Å². The molecule has 3 aromatic rings. The zero-order valence-corrected chi connectivity index (χ0v) is 18.2. The van der Waals surface area contributed by atoms with Crippen LogP contribution in [0.3, 0.4) is 0 Å². The van der Waals surface area contributed by atoms with Gasteiger partial charge in [0, 0.05) is 36.2 Å². The molecule has 166 valence electrons. The summed E-state index contributed by atoms with van der Waals surface area (Å²) in [6, 6.07) is 14.6. The van der Waals surface area contributed by atoms with E-state index in [1.165, 1.54) is 0 Å². The lowest BCUT2D eigenvalue weighted by Gasteiger charge is -2.27. The highest BCUT2D eigenvalue weighted by molar-refractivity contribution is 6.40. The molecule has 0 aliphatic carbocycles. The number of H-pyrrole nitrogens is 1. The number of carbonyl (C=O) groups excluding carboxylic acids is 3. The summed E-state index contributed by atoms with van der Waals surface area (Å²) in [6.45, 7) is 3.29. The van der Waals surface area contributed by atoms with E-state index in [0.717, 1.165) is 35.7 Å². The fourth-order valence-corrected chi connectivity index (χ4v) is 4.20. The van der Waals surface area contributed by atoms with Crippen molar-refractivity contribution < 1.29 is 14.4 Å². The van der Waals surface area contributed by atoms with Crippen LogP contribution in [0.1, 0.15) is 42.1 Å². The molecule has 2 heterocycles. The van der Waals surface area contributed by atoms with Crippen LogP contribution in [-0.4, -0.2) is 46.7 Å². The summed E-state index contributed by atoms with van der Waals surface area (Å²) in [4.78, 5) is 43.0. The average Bonchev–Trinajstić information content (AvgIpc) is 3.22. The zero-order valence-electron chi connectivity index (χ0n) is 18.2. The monoisotopic (exact) mass is 432 g/mol. The number of amides is 3. The molecule has 3 amide bonds. The summed E-state index contributed by atoms with van der Waals surface area (Å²) in [5.41, 5.74) is 2.87. The number of hydrogen-bond donors (Lipinski definition) is 3. The maximum atomic E-state index is 12.9. The van der Waals surface area contributed by atoms with E-state index in [2.05, 4.69) is 15.6 Å². The van der Waals surface area contributed by atoms with Gasteiger partial charge < -0.3 is 20.5 Å². The molecule has 0 bridgehead atoms. The van der Waals surface area contributed by atoms with Gasteiger partial charge in [-0.15, -0.1) is 0 Å². The standard InChI is InChI=1S/C25H28N4O3/c1-17(15-18-16-26-21-11-5-3-9-19(18)21)27-23(30)24(31)28-22-12-6-4-10-20(22)25(32)29-13-7-2-8-14-29/h3-6,9-12,16-17,26H,2,7-8,13-15H2,1H3,(H,27,30)(H,28,31)/t17-/m1/s1. The van der Waals surface area contributed by atoms with Crippen molar-refractivity contribution in [1.82, 2.24) is 15.2 Å². The summed E-state index contributed by atoms with van der Waals surface area (Å²) in [6.07, 6.45) is 5.61. The van der Waals surface area contributed by atoms with Crippen LogP contribution in [0.25, 0.3) is 10.9 Å². The van der Waals surface area contributed by atoms with E-state index in [-0.39, 0.29) is 11.9 Å². The van der Waals surface area contributed by atoms with Crippen molar-refractivity contribution in [2.75, 3.05) is 18.4 Å². The smallest absolute Gasteiger partial charge is 0.313 e. The quantitative estimate of drug-likeness (QED) is 0.539. The summed E-state index contributed by atoms with van der Waals surface area (Å²) in [7, 11) is 0. The molecule has 1 atom stereocenters. The number of carbonyl (C=O) groups is 3. The van der Waals surface area contributed by atoms with Crippen LogP contribution in [0.4, 0.5) is 5.69 Å². The zero-order chi connectivity index (χ0) is 22.5. The minimum absolute atomic E-state index is 0.117. The lowest BCUT2D eigenvalue weighted by Crippen LogP contribution is -2.42. The maximum absolute atomic E-state index is 12.9. The van der Waals surface area contributed by atoms with Crippen molar-refractivity contribution >= 4 is 34.3 Å². The lowest BCUT2D eigenvalue weighted by atomic mass is 10.1. The summed E-state index contributed by atoms with van der Waals surface area (Å²) >= 11 is 0. The van der Waals surface area contributed by atoms with Crippen molar-refractivity contribution in [3.8, 4) is 0 Å². The summed E-state index contributed by atoms with van der Waals surface area (Å²) in [5.74, 6) is -1.62. The minimum atomic E-state index is -0.783. The number of piperidine rings is 1. The number of aromatic amines is 1. The molecular formula is C25H28N4O3. The van der Waals surface area contributed by atoms with Crippen LogP contribution in [0.15, 0.2) is 54.7 Å². The van der Waals surface area contributed by atoms with Gasteiger partial charge in [-0.25, -0.2) is 0 Å². The summed E-state index contributed by atoms with van der Waals surface area (Å²) in [5, 5.41) is 6.47. The molecule has 4 rings (SSSR count). The molecule has 0 spiro atoms. The van der Waals surface area contributed by atoms with Gasteiger partial charge in [-0.05, 0) is 56.4 Å². The molecule has 3 N–H and O–H groups in total. The predicted octanol–water partition coefficient (Wildman–Crippen LogP) is 3.48. The van der Waals surface area contributed by atoms with Crippen molar-refractivity contribution in [3.63, 3.8) is 0 Å². The Labute approximate surface area is 187 Å². The number of benzene rings is 2. The van der Waals surface area contributed by atoms with E-state index in [1.807, 2.05) is 37.4 Å². The fraction of sp³-hybridized carbons (Fsp3) is 0.320. The average molecular weight is 433 g/mol. The molecule has 0 radical (unpaired) electrons. The second-order valence-corrected chi connectivity index (χ2v) is 8.29. The third-order valence-corrected chi connectivity index (χ3v) is 5.83. The van der Waals surface area contributed by atoms with Gasteiger partial charge in [0.1, 0.15) is 0 Å². The van der Waals surface area contributed by atoms with Gasteiger partial charge in [-0.1, -0.05) is 30.3 Å². The maximum Gasteiger partial charge on any atom is 0.313 e. The predicted molar refractivity (Wildman–Crippen MR) is 124 cm³/mol. The Balaban J connectivity index is 1.38. The number of nitrogens with one attached hydrogen (secondary N) is 3. The molecule has 1 saturated heterocycles. The van der Waals surface area contributed by atoms with Gasteiger partial charge in [0.2, 0.25) is 0 Å². The van der Waals surface area contributed by atoms with Crippen LogP contribution >= 0.6 is 0 Å². The molecular weight excluding hydrogens is 404 g/mol. The van der Waals surface area contributed by atoms with Crippen LogP contribution in [-0.2, 0) is 16.0 Å². The Morgan fingerprint density at radius 2 is 1.69 bits per heavy atom. The molecule has 7 nitrogen and oxygen atoms in total.